The highest BCUT2D eigenvalue weighted by molar-refractivity contribution is 5.78. The lowest BCUT2D eigenvalue weighted by molar-refractivity contribution is -0.135. The highest BCUT2D eigenvalue weighted by Crippen LogP contribution is 2.40. The summed E-state index contributed by atoms with van der Waals surface area (Å²) in [5.74, 6) is 0.318. The number of nitrogens with two attached hydrogens (primary N) is 1. The molecular formula is C19H28N2O. The Morgan fingerprint density at radius 3 is 2.55 bits per heavy atom. The number of carbonyl (C=O) groups is 1. The van der Waals surface area contributed by atoms with E-state index in [0.717, 1.165) is 32.2 Å². The van der Waals surface area contributed by atoms with Crippen LogP contribution in [0.3, 0.4) is 0 Å². The minimum absolute atomic E-state index is 0.0686. The van der Waals surface area contributed by atoms with E-state index in [2.05, 4.69) is 29.2 Å². The van der Waals surface area contributed by atoms with Gasteiger partial charge in [-0.3, -0.25) is 4.79 Å². The van der Waals surface area contributed by atoms with Crippen molar-refractivity contribution in [3.63, 3.8) is 0 Å². The summed E-state index contributed by atoms with van der Waals surface area (Å²) in [6.07, 6.45) is 8.85. The molecule has 2 fully saturated rings. The van der Waals surface area contributed by atoms with Crippen LogP contribution in [-0.4, -0.2) is 23.9 Å². The lowest BCUT2D eigenvalue weighted by atomic mass is 9.71. The molecule has 0 aromatic heterocycles. The zero-order valence-corrected chi connectivity index (χ0v) is 13.5. The molecule has 1 aromatic rings. The minimum atomic E-state index is 0.0686. The molecule has 0 radical (unpaired) electrons. The Labute approximate surface area is 133 Å². The van der Waals surface area contributed by atoms with Gasteiger partial charge < -0.3 is 10.6 Å². The predicted octanol–water partition coefficient (Wildman–Crippen LogP) is 3.65. The number of rotatable bonds is 4. The van der Waals surface area contributed by atoms with Crippen LogP contribution in [0.5, 0.6) is 0 Å². The van der Waals surface area contributed by atoms with E-state index in [1.54, 1.807) is 0 Å². The topological polar surface area (TPSA) is 46.3 Å². The van der Waals surface area contributed by atoms with Gasteiger partial charge in [0.1, 0.15) is 0 Å². The number of amides is 1. The standard InChI is InChI=1S/C19H28N2O/c20-15-19(11-5-2-6-12-19)14-18(22)21-13-7-10-17(21)16-8-3-1-4-9-16/h1,3-4,8-9,17H,2,5-7,10-15,20H2. The summed E-state index contributed by atoms with van der Waals surface area (Å²) in [4.78, 5) is 15.0. The fraction of sp³-hybridized carbons (Fsp3) is 0.632. The van der Waals surface area contributed by atoms with Crippen molar-refractivity contribution in [3.8, 4) is 0 Å². The maximum absolute atomic E-state index is 12.9. The Morgan fingerprint density at radius 2 is 1.86 bits per heavy atom. The van der Waals surface area contributed by atoms with Crippen LogP contribution in [0.1, 0.15) is 63.0 Å². The molecule has 3 nitrogen and oxygen atoms in total. The van der Waals surface area contributed by atoms with Crippen LogP contribution in [0.2, 0.25) is 0 Å². The SMILES string of the molecule is NCC1(CC(=O)N2CCCC2c2ccccc2)CCCCC1. The maximum Gasteiger partial charge on any atom is 0.223 e. The summed E-state index contributed by atoms with van der Waals surface area (Å²) in [5, 5.41) is 0. The quantitative estimate of drug-likeness (QED) is 0.922. The average Bonchev–Trinajstić information content (AvgIpc) is 3.06. The summed E-state index contributed by atoms with van der Waals surface area (Å²) >= 11 is 0. The summed E-state index contributed by atoms with van der Waals surface area (Å²) in [6.45, 7) is 1.56. The molecule has 1 aliphatic carbocycles. The molecular weight excluding hydrogens is 272 g/mol. The van der Waals surface area contributed by atoms with Gasteiger partial charge in [-0.25, -0.2) is 0 Å². The molecule has 1 aromatic carbocycles. The molecule has 1 saturated carbocycles. The van der Waals surface area contributed by atoms with Crippen molar-refractivity contribution in [3.05, 3.63) is 35.9 Å². The molecule has 0 spiro atoms. The highest BCUT2D eigenvalue weighted by atomic mass is 16.2. The van der Waals surface area contributed by atoms with Gasteiger partial charge in [0.2, 0.25) is 5.91 Å². The first kappa shape index (κ1) is 15.5. The Bertz CT molecular complexity index is 493. The van der Waals surface area contributed by atoms with Gasteiger partial charge in [0, 0.05) is 13.0 Å². The van der Waals surface area contributed by atoms with Crippen LogP contribution in [0.15, 0.2) is 30.3 Å². The normalized spacial score (nSPS) is 24.4. The number of hydrogen-bond donors (Lipinski definition) is 1. The summed E-state index contributed by atoms with van der Waals surface area (Å²) in [5.41, 5.74) is 7.41. The van der Waals surface area contributed by atoms with Gasteiger partial charge in [0.25, 0.3) is 0 Å². The molecule has 1 heterocycles. The van der Waals surface area contributed by atoms with Crippen LogP contribution < -0.4 is 5.73 Å². The Hall–Kier alpha value is -1.35. The molecule has 2 N–H and O–H groups in total. The number of carbonyl (C=O) groups excluding carboxylic acids is 1. The molecule has 1 atom stereocenters. The second-order valence-electron chi connectivity index (χ2n) is 7.10. The fourth-order valence-electron chi connectivity index (χ4n) is 4.26. The second kappa shape index (κ2) is 6.82. The third kappa shape index (κ3) is 3.19. The Balaban J connectivity index is 1.71. The first-order valence-corrected chi connectivity index (χ1v) is 8.79. The lowest BCUT2D eigenvalue weighted by Gasteiger charge is -2.37. The molecule has 3 heteroatoms. The van der Waals surface area contributed by atoms with Gasteiger partial charge in [0.05, 0.1) is 6.04 Å². The first-order chi connectivity index (χ1) is 10.7. The monoisotopic (exact) mass is 300 g/mol. The highest BCUT2D eigenvalue weighted by Gasteiger charge is 2.37. The molecule has 22 heavy (non-hydrogen) atoms. The molecule has 3 rings (SSSR count). The molecule has 120 valence electrons. The Morgan fingerprint density at radius 1 is 1.14 bits per heavy atom. The van der Waals surface area contributed by atoms with E-state index in [9.17, 15) is 4.79 Å². The van der Waals surface area contributed by atoms with Crippen molar-refractivity contribution in [2.24, 2.45) is 11.1 Å². The number of nitrogens with zero attached hydrogens (tertiary/aromatic N) is 1. The van der Waals surface area contributed by atoms with E-state index in [1.165, 1.54) is 24.8 Å². The third-order valence-electron chi connectivity index (χ3n) is 5.63. The van der Waals surface area contributed by atoms with Crippen LogP contribution in [0, 0.1) is 5.41 Å². The lowest BCUT2D eigenvalue weighted by Crippen LogP contribution is -2.40. The van der Waals surface area contributed by atoms with E-state index in [0.29, 0.717) is 18.9 Å². The van der Waals surface area contributed by atoms with Crippen molar-refractivity contribution in [2.45, 2.75) is 57.4 Å². The van der Waals surface area contributed by atoms with Crippen LogP contribution >= 0.6 is 0 Å². The zero-order valence-electron chi connectivity index (χ0n) is 13.5. The van der Waals surface area contributed by atoms with Crippen LogP contribution in [0.4, 0.5) is 0 Å². The molecule has 2 aliphatic rings. The van der Waals surface area contributed by atoms with Crippen molar-refractivity contribution >= 4 is 5.91 Å². The average molecular weight is 300 g/mol. The van der Waals surface area contributed by atoms with Gasteiger partial charge >= 0.3 is 0 Å². The van der Waals surface area contributed by atoms with Gasteiger partial charge in [-0.2, -0.15) is 0 Å². The van der Waals surface area contributed by atoms with Crippen molar-refractivity contribution < 1.29 is 4.79 Å². The van der Waals surface area contributed by atoms with E-state index in [-0.39, 0.29) is 11.5 Å². The van der Waals surface area contributed by atoms with E-state index in [4.69, 9.17) is 5.73 Å². The van der Waals surface area contributed by atoms with Gasteiger partial charge in [-0.1, -0.05) is 49.6 Å². The van der Waals surface area contributed by atoms with Crippen LogP contribution in [-0.2, 0) is 4.79 Å². The van der Waals surface area contributed by atoms with Crippen molar-refractivity contribution in [2.75, 3.05) is 13.1 Å². The Kier molecular flexibility index (Phi) is 4.82. The minimum Gasteiger partial charge on any atom is -0.336 e. The third-order valence-corrected chi connectivity index (χ3v) is 5.63. The predicted molar refractivity (Wildman–Crippen MR) is 89.3 cm³/mol. The smallest absolute Gasteiger partial charge is 0.223 e. The van der Waals surface area contributed by atoms with Gasteiger partial charge in [-0.15, -0.1) is 0 Å². The van der Waals surface area contributed by atoms with Crippen molar-refractivity contribution in [1.82, 2.24) is 4.90 Å². The van der Waals surface area contributed by atoms with Crippen LogP contribution in [0.25, 0.3) is 0 Å². The largest absolute Gasteiger partial charge is 0.336 e. The molecule has 1 unspecified atom stereocenters. The molecule has 1 amide bonds. The van der Waals surface area contributed by atoms with Crippen molar-refractivity contribution in [1.29, 1.82) is 0 Å². The first-order valence-electron chi connectivity index (χ1n) is 8.79. The molecule has 0 bridgehead atoms. The molecule has 1 aliphatic heterocycles. The number of likely N-dealkylation sites (tertiary alicyclic amines) is 1. The molecule has 1 saturated heterocycles. The fourth-order valence-corrected chi connectivity index (χ4v) is 4.26. The van der Waals surface area contributed by atoms with Gasteiger partial charge in [-0.05, 0) is 43.2 Å². The number of benzene rings is 1. The zero-order chi connectivity index (χ0) is 15.4. The summed E-state index contributed by atoms with van der Waals surface area (Å²) in [6, 6.07) is 10.7. The summed E-state index contributed by atoms with van der Waals surface area (Å²) in [7, 11) is 0. The van der Waals surface area contributed by atoms with E-state index < -0.39 is 0 Å². The maximum atomic E-state index is 12.9. The van der Waals surface area contributed by atoms with E-state index in [1.807, 2.05) is 6.07 Å². The second-order valence-corrected chi connectivity index (χ2v) is 7.10. The number of hydrogen-bond acceptors (Lipinski definition) is 2. The van der Waals surface area contributed by atoms with Gasteiger partial charge in [0.15, 0.2) is 0 Å². The summed E-state index contributed by atoms with van der Waals surface area (Å²) < 4.78 is 0. The van der Waals surface area contributed by atoms with E-state index >= 15 is 0 Å².